The fourth-order valence-electron chi connectivity index (χ4n) is 2.40. The predicted octanol–water partition coefficient (Wildman–Crippen LogP) is 1.98. The molecule has 0 aromatic heterocycles. The first-order valence-corrected chi connectivity index (χ1v) is 5.47. The van der Waals surface area contributed by atoms with Crippen LogP contribution in [0, 0.1) is 11.3 Å². The van der Waals surface area contributed by atoms with Crippen molar-refractivity contribution in [1.82, 2.24) is 4.90 Å². The van der Waals surface area contributed by atoms with Gasteiger partial charge in [-0.2, -0.15) is 0 Å². The van der Waals surface area contributed by atoms with Crippen LogP contribution in [0.5, 0.6) is 0 Å². The maximum absolute atomic E-state index is 12.1. The maximum atomic E-state index is 12.1. The van der Waals surface area contributed by atoms with Gasteiger partial charge in [-0.25, -0.2) is 8.78 Å². The molecule has 4 heteroatoms. The standard InChI is InChI=1S/C11H21F2NO/c1-11(2)5-4-8(10(11)15)6-14(3)7-9(12)13/h8-10,15H,4-7H2,1-3H3. The van der Waals surface area contributed by atoms with Gasteiger partial charge in [-0.15, -0.1) is 0 Å². The summed E-state index contributed by atoms with van der Waals surface area (Å²) in [5.74, 6) is 0.142. The largest absolute Gasteiger partial charge is 0.392 e. The minimum Gasteiger partial charge on any atom is -0.392 e. The van der Waals surface area contributed by atoms with Gasteiger partial charge in [0.05, 0.1) is 12.6 Å². The van der Waals surface area contributed by atoms with Gasteiger partial charge in [-0.05, 0) is 31.2 Å². The second kappa shape index (κ2) is 4.74. The van der Waals surface area contributed by atoms with Gasteiger partial charge in [0, 0.05) is 6.54 Å². The predicted molar refractivity (Wildman–Crippen MR) is 56.0 cm³/mol. The van der Waals surface area contributed by atoms with Gasteiger partial charge >= 0.3 is 0 Å². The van der Waals surface area contributed by atoms with E-state index >= 15 is 0 Å². The maximum Gasteiger partial charge on any atom is 0.251 e. The number of hydrogen-bond donors (Lipinski definition) is 1. The Bertz CT molecular complexity index is 209. The van der Waals surface area contributed by atoms with E-state index in [1.54, 1.807) is 11.9 Å². The van der Waals surface area contributed by atoms with Gasteiger partial charge in [-0.3, -0.25) is 0 Å². The average Bonchev–Trinajstić information content (AvgIpc) is 2.30. The van der Waals surface area contributed by atoms with E-state index in [9.17, 15) is 13.9 Å². The van der Waals surface area contributed by atoms with Crippen molar-refractivity contribution in [3.8, 4) is 0 Å². The summed E-state index contributed by atoms with van der Waals surface area (Å²) in [7, 11) is 1.68. The van der Waals surface area contributed by atoms with Crippen molar-refractivity contribution in [2.45, 2.75) is 39.2 Å². The molecule has 0 aromatic carbocycles. The second-order valence-electron chi connectivity index (χ2n) is 5.34. The molecular formula is C11H21F2NO. The van der Waals surface area contributed by atoms with Crippen molar-refractivity contribution < 1.29 is 13.9 Å². The molecule has 0 amide bonds. The molecule has 1 fully saturated rings. The molecule has 1 aliphatic carbocycles. The van der Waals surface area contributed by atoms with Crippen molar-refractivity contribution in [3.63, 3.8) is 0 Å². The molecule has 2 atom stereocenters. The number of nitrogens with zero attached hydrogens (tertiary/aromatic N) is 1. The molecule has 1 aliphatic rings. The molecule has 0 aliphatic heterocycles. The van der Waals surface area contributed by atoms with Gasteiger partial charge < -0.3 is 10.0 Å². The van der Waals surface area contributed by atoms with Gasteiger partial charge in [-0.1, -0.05) is 13.8 Å². The molecule has 0 aromatic rings. The Labute approximate surface area is 90.3 Å². The molecule has 1 saturated carbocycles. The van der Waals surface area contributed by atoms with Crippen LogP contribution >= 0.6 is 0 Å². The molecule has 0 bridgehead atoms. The van der Waals surface area contributed by atoms with Crippen LogP contribution in [0.15, 0.2) is 0 Å². The molecule has 15 heavy (non-hydrogen) atoms. The highest BCUT2D eigenvalue weighted by atomic mass is 19.3. The van der Waals surface area contributed by atoms with Gasteiger partial charge in [0.25, 0.3) is 6.43 Å². The Morgan fingerprint density at radius 2 is 2.07 bits per heavy atom. The molecule has 1 rings (SSSR count). The van der Waals surface area contributed by atoms with Crippen LogP contribution in [-0.4, -0.2) is 42.7 Å². The second-order valence-corrected chi connectivity index (χ2v) is 5.34. The summed E-state index contributed by atoms with van der Waals surface area (Å²) in [5, 5.41) is 9.99. The van der Waals surface area contributed by atoms with Crippen molar-refractivity contribution in [3.05, 3.63) is 0 Å². The summed E-state index contributed by atoms with van der Waals surface area (Å²) in [6.07, 6.45) is -0.748. The zero-order chi connectivity index (χ0) is 11.6. The zero-order valence-electron chi connectivity index (χ0n) is 9.71. The summed E-state index contributed by atoms with van der Waals surface area (Å²) in [6.45, 7) is 4.42. The highest BCUT2D eigenvalue weighted by Crippen LogP contribution is 2.41. The minimum absolute atomic E-state index is 0.0592. The van der Waals surface area contributed by atoms with E-state index in [1.807, 2.05) is 13.8 Å². The third-order valence-electron chi connectivity index (χ3n) is 3.40. The molecule has 1 N–H and O–H groups in total. The Morgan fingerprint density at radius 3 is 2.47 bits per heavy atom. The van der Waals surface area contributed by atoms with Gasteiger partial charge in [0.15, 0.2) is 0 Å². The summed E-state index contributed by atoms with van der Waals surface area (Å²) in [5.41, 5.74) is -0.0592. The van der Waals surface area contributed by atoms with E-state index in [0.29, 0.717) is 6.54 Å². The number of aliphatic hydroxyl groups is 1. The smallest absolute Gasteiger partial charge is 0.251 e. The fourth-order valence-corrected chi connectivity index (χ4v) is 2.40. The number of aliphatic hydroxyl groups excluding tert-OH is 1. The van der Waals surface area contributed by atoms with Crippen LogP contribution in [0.2, 0.25) is 0 Å². The zero-order valence-corrected chi connectivity index (χ0v) is 9.71. The highest BCUT2D eigenvalue weighted by Gasteiger charge is 2.40. The van der Waals surface area contributed by atoms with E-state index < -0.39 is 6.43 Å². The van der Waals surface area contributed by atoms with E-state index in [4.69, 9.17) is 0 Å². The lowest BCUT2D eigenvalue weighted by Crippen LogP contribution is -2.36. The lowest BCUT2D eigenvalue weighted by Gasteiger charge is -2.28. The molecule has 0 radical (unpaired) electrons. The van der Waals surface area contributed by atoms with Crippen LogP contribution in [0.1, 0.15) is 26.7 Å². The normalized spacial score (nSPS) is 30.4. The van der Waals surface area contributed by atoms with Crippen LogP contribution in [0.4, 0.5) is 8.78 Å². The first-order chi connectivity index (χ1) is 6.83. The van der Waals surface area contributed by atoms with Crippen molar-refractivity contribution >= 4 is 0 Å². The molecule has 0 saturated heterocycles. The molecular weight excluding hydrogens is 200 g/mol. The summed E-state index contributed by atoms with van der Waals surface area (Å²) < 4.78 is 24.2. The van der Waals surface area contributed by atoms with Gasteiger partial charge in [0.2, 0.25) is 0 Å². The highest BCUT2D eigenvalue weighted by molar-refractivity contribution is 4.91. The van der Waals surface area contributed by atoms with Crippen LogP contribution < -0.4 is 0 Å². The Hall–Kier alpha value is -0.220. The monoisotopic (exact) mass is 221 g/mol. The third kappa shape index (κ3) is 3.38. The van der Waals surface area contributed by atoms with Crippen LogP contribution in [0.25, 0.3) is 0 Å². The first-order valence-electron chi connectivity index (χ1n) is 5.47. The van der Waals surface area contributed by atoms with Crippen molar-refractivity contribution in [1.29, 1.82) is 0 Å². The Morgan fingerprint density at radius 1 is 1.47 bits per heavy atom. The third-order valence-corrected chi connectivity index (χ3v) is 3.40. The summed E-state index contributed by atoms with van der Waals surface area (Å²) in [4.78, 5) is 1.61. The van der Waals surface area contributed by atoms with Crippen molar-refractivity contribution in [2.24, 2.45) is 11.3 Å². The minimum atomic E-state index is -2.29. The first kappa shape index (κ1) is 12.8. The van der Waals surface area contributed by atoms with E-state index in [0.717, 1.165) is 12.8 Å². The Balaban J connectivity index is 2.40. The van der Waals surface area contributed by atoms with E-state index in [2.05, 4.69) is 0 Å². The number of halogens is 2. The molecule has 2 unspecified atom stereocenters. The SMILES string of the molecule is CN(CC(F)F)CC1CCC(C)(C)C1O. The summed E-state index contributed by atoms with van der Waals surface area (Å²) >= 11 is 0. The van der Waals surface area contributed by atoms with E-state index in [1.165, 1.54) is 0 Å². The van der Waals surface area contributed by atoms with Crippen LogP contribution in [0.3, 0.4) is 0 Å². The summed E-state index contributed by atoms with van der Waals surface area (Å²) in [6, 6.07) is 0. The topological polar surface area (TPSA) is 23.5 Å². The van der Waals surface area contributed by atoms with Crippen molar-refractivity contribution in [2.75, 3.05) is 20.1 Å². The van der Waals surface area contributed by atoms with Crippen LogP contribution in [-0.2, 0) is 0 Å². The van der Waals surface area contributed by atoms with Gasteiger partial charge in [0.1, 0.15) is 0 Å². The Kier molecular flexibility index (Phi) is 4.06. The number of rotatable bonds is 4. The number of alkyl halides is 2. The quantitative estimate of drug-likeness (QED) is 0.784. The molecule has 0 spiro atoms. The molecule has 2 nitrogen and oxygen atoms in total. The lowest BCUT2D eigenvalue weighted by atomic mass is 9.87. The number of hydrogen-bond acceptors (Lipinski definition) is 2. The fraction of sp³-hybridized carbons (Fsp3) is 1.00. The lowest BCUT2D eigenvalue weighted by molar-refractivity contribution is 0.0262. The molecule has 90 valence electrons. The van der Waals surface area contributed by atoms with E-state index in [-0.39, 0.29) is 24.0 Å². The molecule has 0 heterocycles. The average molecular weight is 221 g/mol.